The summed E-state index contributed by atoms with van der Waals surface area (Å²) in [7, 11) is 0. The third-order valence-corrected chi connectivity index (χ3v) is 5.98. The quantitative estimate of drug-likeness (QED) is 0.893. The summed E-state index contributed by atoms with van der Waals surface area (Å²) in [5.41, 5.74) is 3.54. The number of carbonyl (C=O) groups is 1. The molecule has 0 radical (unpaired) electrons. The van der Waals surface area contributed by atoms with Crippen molar-refractivity contribution in [3.63, 3.8) is 0 Å². The molecule has 1 fully saturated rings. The molecular weight excluding hydrogens is 340 g/mol. The molecule has 0 aliphatic carbocycles. The van der Waals surface area contributed by atoms with E-state index in [2.05, 4.69) is 28.8 Å². The normalized spacial score (nSPS) is 19.6. The lowest BCUT2D eigenvalue weighted by atomic mass is 9.78. The van der Waals surface area contributed by atoms with E-state index in [0.717, 1.165) is 51.0 Å². The SMILES string of the molecule is Cc1cnn(CC(=O)N2CCC3(CC2)c2nc[nH]c2CCN3CC(C)C)c1. The number of nitrogens with zero attached hydrogens (tertiary/aromatic N) is 5. The van der Waals surface area contributed by atoms with Gasteiger partial charge in [0.2, 0.25) is 5.91 Å². The number of amides is 1. The first-order valence-electron chi connectivity index (χ1n) is 10.0. The van der Waals surface area contributed by atoms with Gasteiger partial charge in [0.25, 0.3) is 0 Å². The van der Waals surface area contributed by atoms with Crippen molar-refractivity contribution in [1.82, 2.24) is 29.5 Å². The fourth-order valence-electron chi connectivity index (χ4n) is 4.70. The van der Waals surface area contributed by atoms with Gasteiger partial charge in [-0.05, 0) is 31.2 Å². The number of carbonyl (C=O) groups excluding carboxylic acids is 1. The van der Waals surface area contributed by atoms with E-state index in [1.54, 1.807) is 10.9 Å². The fraction of sp³-hybridized carbons (Fsp3) is 0.650. The van der Waals surface area contributed by atoms with Crippen LogP contribution in [0.3, 0.4) is 0 Å². The summed E-state index contributed by atoms with van der Waals surface area (Å²) in [5, 5.41) is 4.25. The van der Waals surface area contributed by atoms with Crippen LogP contribution in [0, 0.1) is 12.8 Å². The van der Waals surface area contributed by atoms with Crippen LogP contribution >= 0.6 is 0 Å². The van der Waals surface area contributed by atoms with Gasteiger partial charge in [-0.3, -0.25) is 14.4 Å². The van der Waals surface area contributed by atoms with Gasteiger partial charge < -0.3 is 9.88 Å². The predicted molar refractivity (Wildman–Crippen MR) is 103 cm³/mol. The molecule has 7 nitrogen and oxygen atoms in total. The highest BCUT2D eigenvalue weighted by atomic mass is 16.2. The maximum absolute atomic E-state index is 12.7. The first-order chi connectivity index (χ1) is 13.0. The van der Waals surface area contributed by atoms with E-state index in [1.165, 1.54) is 11.4 Å². The first kappa shape index (κ1) is 18.2. The number of aromatic nitrogens is 4. The van der Waals surface area contributed by atoms with E-state index >= 15 is 0 Å². The summed E-state index contributed by atoms with van der Waals surface area (Å²) in [6.45, 7) is 10.6. The maximum atomic E-state index is 12.7. The number of H-pyrrole nitrogens is 1. The number of aryl methyl sites for hydroxylation is 1. The van der Waals surface area contributed by atoms with Crippen LogP contribution in [0.4, 0.5) is 0 Å². The Kier molecular flexibility index (Phi) is 4.80. The van der Waals surface area contributed by atoms with Gasteiger partial charge in [0, 0.05) is 44.5 Å². The van der Waals surface area contributed by atoms with Crippen LogP contribution in [0.2, 0.25) is 0 Å². The molecule has 0 atom stereocenters. The summed E-state index contributed by atoms with van der Waals surface area (Å²) >= 11 is 0. The Morgan fingerprint density at radius 1 is 1.30 bits per heavy atom. The van der Waals surface area contributed by atoms with Crippen molar-refractivity contribution in [2.24, 2.45) is 5.92 Å². The van der Waals surface area contributed by atoms with Crippen LogP contribution in [-0.2, 0) is 23.3 Å². The van der Waals surface area contributed by atoms with Crippen molar-refractivity contribution in [2.75, 3.05) is 26.2 Å². The summed E-state index contributed by atoms with van der Waals surface area (Å²) < 4.78 is 1.74. The molecule has 1 N–H and O–H groups in total. The van der Waals surface area contributed by atoms with Crippen LogP contribution in [-0.4, -0.2) is 61.6 Å². The number of fused-ring (bicyclic) bond motifs is 2. The average molecular weight is 371 g/mol. The molecule has 0 bridgehead atoms. The molecule has 0 aromatic carbocycles. The third-order valence-electron chi connectivity index (χ3n) is 5.98. The average Bonchev–Trinajstić information content (AvgIpc) is 3.27. The molecule has 4 rings (SSSR count). The van der Waals surface area contributed by atoms with Gasteiger partial charge in [-0.1, -0.05) is 13.8 Å². The number of piperidine rings is 1. The molecule has 1 spiro atoms. The molecule has 1 amide bonds. The molecule has 7 heteroatoms. The molecule has 146 valence electrons. The van der Waals surface area contributed by atoms with Crippen molar-refractivity contribution in [2.45, 2.75) is 52.1 Å². The van der Waals surface area contributed by atoms with Crippen molar-refractivity contribution in [1.29, 1.82) is 0 Å². The van der Waals surface area contributed by atoms with E-state index in [4.69, 9.17) is 4.98 Å². The molecule has 1 saturated heterocycles. The Morgan fingerprint density at radius 3 is 2.74 bits per heavy atom. The topological polar surface area (TPSA) is 70.0 Å². The van der Waals surface area contributed by atoms with E-state index in [9.17, 15) is 4.79 Å². The minimum Gasteiger partial charge on any atom is -0.348 e. The zero-order valence-corrected chi connectivity index (χ0v) is 16.6. The number of aromatic amines is 1. The zero-order valence-electron chi connectivity index (χ0n) is 16.6. The second-order valence-corrected chi connectivity index (χ2v) is 8.45. The highest BCUT2D eigenvalue weighted by molar-refractivity contribution is 5.76. The molecule has 2 aromatic rings. The lowest BCUT2D eigenvalue weighted by molar-refractivity contribution is -0.135. The van der Waals surface area contributed by atoms with Crippen LogP contribution in [0.25, 0.3) is 0 Å². The van der Waals surface area contributed by atoms with Gasteiger partial charge in [-0.2, -0.15) is 5.10 Å². The summed E-state index contributed by atoms with van der Waals surface area (Å²) in [6.07, 6.45) is 8.48. The van der Waals surface area contributed by atoms with Gasteiger partial charge in [0.15, 0.2) is 0 Å². The standard InChI is InChI=1S/C20H30N6O/c1-15(2)11-25-7-4-17-19(22-14-21-17)20(25)5-8-24(9-6-20)18(27)13-26-12-16(3)10-23-26/h10,12,14-15H,4-9,11,13H2,1-3H3,(H,21,22). The van der Waals surface area contributed by atoms with Gasteiger partial charge >= 0.3 is 0 Å². The number of imidazole rings is 1. The number of likely N-dealkylation sites (tertiary alicyclic amines) is 1. The third kappa shape index (κ3) is 3.40. The molecule has 2 aliphatic heterocycles. The van der Waals surface area contributed by atoms with E-state index < -0.39 is 0 Å². The van der Waals surface area contributed by atoms with Gasteiger partial charge in [0.1, 0.15) is 6.54 Å². The summed E-state index contributed by atoms with van der Waals surface area (Å²) in [6, 6.07) is 0. The Hall–Kier alpha value is -2.15. The van der Waals surface area contributed by atoms with E-state index in [1.807, 2.05) is 24.3 Å². The second kappa shape index (κ2) is 7.11. The molecule has 2 aliphatic rings. The Labute approximate surface area is 160 Å². The number of nitrogens with one attached hydrogen (secondary N) is 1. The fourth-order valence-corrected chi connectivity index (χ4v) is 4.70. The predicted octanol–water partition coefficient (Wildman–Crippen LogP) is 1.95. The lowest BCUT2D eigenvalue weighted by Gasteiger charge is -2.51. The van der Waals surface area contributed by atoms with Crippen molar-refractivity contribution >= 4 is 5.91 Å². The highest BCUT2D eigenvalue weighted by Gasteiger charge is 2.47. The Balaban J connectivity index is 1.49. The van der Waals surface area contributed by atoms with Crippen molar-refractivity contribution < 1.29 is 4.79 Å². The lowest BCUT2D eigenvalue weighted by Crippen LogP contribution is -2.58. The smallest absolute Gasteiger partial charge is 0.244 e. The largest absolute Gasteiger partial charge is 0.348 e. The van der Waals surface area contributed by atoms with Gasteiger partial charge in [0.05, 0.1) is 23.8 Å². The molecule has 0 unspecified atom stereocenters. The van der Waals surface area contributed by atoms with Gasteiger partial charge in [-0.15, -0.1) is 0 Å². The minimum absolute atomic E-state index is 0.0308. The molecule has 0 saturated carbocycles. The maximum Gasteiger partial charge on any atom is 0.244 e. The Morgan fingerprint density at radius 2 is 2.07 bits per heavy atom. The number of hydrogen-bond donors (Lipinski definition) is 1. The minimum atomic E-state index is -0.0308. The summed E-state index contributed by atoms with van der Waals surface area (Å²) in [4.78, 5) is 25.4. The van der Waals surface area contributed by atoms with Crippen LogP contribution < -0.4 is 0 Å². The molecular formula is C20H30N6O. The summed E-state index contributed by atoms with van der Waals surface area (Å²) in [5.74, 6) is 0.770. The second-order valence-electron chi connectivity index (χ2n) is 8.45. The Bertz CT molecular complexity index is 799. The molecule has 2 aromatic heterocycles. The van der Waals surface area contributed by atoms with Crippen molar-refractivity contribution in [3.05, 3.63) is 35.7 Å². The number of hydrogen-bond acceptors (Lipinski definition) is 4. The molecule has 27 heavy (non-hydrogen) atoms. The molecule has 4 heterocycles. The van der Waals surface area contributed by atoms with Crippen molar-refractivity contribution in [3.8, 4) is 0 Å². The number of rotatable bonds is 4. The van der Waals surface area contributed by atoms with Crippen LogP contribution in [0.5, 0.6) is 0 Å². The monoisotopic (exact) mass is 370 g/mol. The highest BCUT2D eigenvalue weighted by Crippen LogP contribution is 2.42. The van der Waals surface area contributed by atoms with Gasteiger partial charge in [-0.25, -0.2) is 4.98 Å². The van der Waals surface area contributed by atoms with Crippen LogP contribution in [0.1, 0.15) is 43.6 Å². The van der Waals surface area contributed by atoms with Crippen LogP contribution in [0.15, 0.2) is 18.7 Å². The zero-order chi connectivity index (χ0) is 19.0. The van der Waals surface area contributed by atoms with E-state index in [0.29, 0.717) is 12.5 Å². The first-order valence-corrected chi connectivity index (χ1v) is 10.0. The van der Waals surface area contributed by atoms with E-state index in [-0.39, 0.29) is 11.4 Å².